The highest BCUT2D eigenvalue weighted by Crippen LogP contribution is 2.20. The monoisotopic (exact) mass is 294 g/mol. The molecule has 1 aliphatic heterocycles. The highest BCUT2D eigenvalue weighted by atomic mass is 16.5. The summed E-state index contributed by atoms with van der Waals surface area (Å²) < 4.78 is 6.62. The van der Waals surface area contributed by atoms with Gasteiger partial charge in [0.1, 0.15) is 0 Å². The fourth-order valence-corrected chi connectivity index (χ4v) is 2.80. The Morgan fingerprint density at radius 1 is 1.57 bits per heavy atom. The van der Waals surface area contributed by atoms with E-state index in [1.807, 2.05) is 7.05 Å². The van der Waals surface area contributed by atoms with Crippen molar-refractivity contribution in [1.82, 2.24) is 15.1 Å². The van der Waals surface area contributed by atoms with Gasteiger partial charge in [-0.05, 0) is 25.8 Å². The van der Waals surface area contributed by atoms with Gasteiger partial charge in [0.2, 0.25) is 0 Å². The van der Waals surface area contributed by atoms with Crippen molar-refractivity contribution in [3.8, 4) is 0 Å². The third-order valence-corrected chi connectivity index (χ3v) is 4.05. The number of likely N-dealkylation sites (N-methyl/N-ethyl adjacent to an activating group) is 1. The van der Waals surface area contributed by atoms with Crippen LogP contribution < -0.4 is 15.8 Å². The minimum Gasteiger partial charge on any atom is -0.383 e. The van der Waals surface area contributed by atoms with Crippen molar-refractivity contribution in [1.29, 1.82) is 0 Å². The van der Waals surface area contributed by atoms with E-state index >= 15 is 0 Å². The van der Waals surface area contributed by atoms with E-state index in [9.17, 15) is 4.79 Å². The van der Waals surface area contributed by atoms with Crippen LogP contribution in [-0.4, -0.2) is 49.7 Å². The van der Waals surface area contributed by atoms with Crippen molar-refractivity contribution in [3.05, 3.63) is 22.6 Å². The van der Waals surface area contributed by atoms with Crippen LogP contribution in [0.3, 0.4) is 0 Å². The Balaban J connectivity index is 2.08. The first-order valence-electron chi connectivity index (χ1n) is 7.62. The smallest absolute Gasteiger partial charge is 0.268 e. The number of methoxy groups -OCH3 is 1. The van der Waals surface area contributed by atoms with E-state index in [0.717, 1.165) is 18.8 Å². The Bertz CT molecular complexity index is 503. The molecule has 2 atom stereocenters. The molecule has 6 nitrogen and oxygen atoms in total. The number of hydrogen-bond donors (Lipinski definition) is 1. The molecule has 0 saturated carbocycles. The molecule has 2 heterocycles. The lowest BCUT2D eigenvalue weighted by Crippen LogP contribution is -2.39. The zero-order valence-corrected chi connectivity index (χ0v) is 13.2. The Kier molecular flexibility index (Phi) is 5.76. The van der Waals surface area contributed by atoms with Gasteiger partial charge in [-0.2, -0.15) is 5.10 Å². The van der Waals surface area contributed by atoms with Crippen molar-refractivity contribution in [2.45, 2.75) is 32.4 Å². The molecule has 21 heavy (non-hydrogen) atoms. The largest absolute Gasteiger partial charge is 0.383 e. The van der Waals surface area contributed by atoms with Gasteiger partial charge in [-0.25, -0.2) is 4.68 Å². The molecule has 1 N–H and O–H groups in total. The second kappa shape index (κ2) is 7.56. The molecule has 1 saturated heterocycles. The molecule has 2 unspecified atom stereocenters. The van der Waals surface area contributed by atoms with E-state index in [2.05, 4.69) is 22.2 Å². The summed E-state index contributed by atoms with van der Waals surface area (Å²) in [4.78, 5) is 14.5. The van der Waals surface area contributed by atoms with Crippen LogP contribution in [0.25, 0.3) is 0 Å². The zero-order chi connectivity index (χ0) is 15.2. The summed E-state index contributed by atoms with van der Waals surface area (Å²) in [6.07, 6.45) is 4.25. The molecule has 0 bridgehead atoms. The number of nitrogens with one attached hydrogen (secondary N) is 1. The van der Waals surface area contributed by atoms with Crippen LogP contribution in [0.2, 0.25) is 0 Å². The second-order valence-corrected chi connectivity index (χ2v) is 5.87. The quantitative estimate of drug-likeness (QED) is 0.837. The van der Waals surface area contributed by atoms with Crippen molar-refractivity contribution in [2.75, 3.05) is 38.8 Å². The second-order valence-electron chi connectivity index (χ2n) is 5.87. The van der Waals surface area contributed by atoms with Gasteiger partial charge in [0.05, 0.1) is 25.0 Å². The molecular weight excluding hydrogens is 268 g/mol. The summed E-state index contributed by atoms with van der Waals surface area (Å²) in [5, 5.41) is 7.44. The number of rotatable bonds is 6. The minimum atomic E-state index is -0.0536. The Morgan fingerprint density at radius 3 is 3.00 bits per heavy atom. The van der Waals surface area contributed by atoms with Gasteiger partial charge in [-0.1, -0.05) is 6.92 Å². The molecule has 0 radical (unpaired) electrons. The van der Waals surface area contributed by atoms with E-state index in [-0.39, 0.29) is 11.6 Å². The van der Waals surface area contributed by atoms with E-state index < -0.39 is 0 Å². The lowest BCUT2D eigenvalue weighted by atomic mass is 10.00. The third-order valence-electron chi connectivity index (χ3n) is 4.05. The maximum absolute atomic E-state index is 12.2. The minimum absolute atomic E-state index is 0.0536. The lowest BCUT2D eigenvalue weighted by molar-refractivity contribution is 0.159. The number of ether oxygens (including phenoxy) is 1. The van der Waals surface area contributed by atoms with Crippen LogP contribution in [0.1, 0.15) is 19.8 Å². The average Bonchev–Trinajstić information content (AvgIpc) is 2.48. The van der Waals surface area contributed by atoms with Crippen molar-refractivity contribution in [3.63, 3.8) is 0 Å². The van der Waals surface area contributed by atoms with Crippen LogP contribution in [0.5, 0.6) is 0 Å². The standard InChI is InChI=1S/C15H26N4O2/c1-12-5-4-6-18(9-12)14-7-15(20)19(17-8-14)10-13(16-2)11-21-3/h7-8,12-13,16H,4-6,9-11H2,1-3H3. The van der Waals surface area contributed by atoms with Crippen LogP contribution in [0, 0.1) is 5.92 Å². The predicted molar refractivity (Wildman–Crippen MR) is 83.8 cm³/mol. The Hall–Kier alpha value is -1.40. The fourth-order valence-electron chi connectivity index (χ4n) is 2.80. The summed E-state index contributed by atoms with van der Waals surface area (Å²) >= 11 is 0. The van der Waals surface area contributed by atoms with Crippen LogP contribution in [-0.2, 0) is 11.3 Å². The lowest BCUT2D eigenvalue weighted by Gasteiger charge is -2.32. The summed E-state index contributed by atoms with van der Waals surface area (Å²) in [7, 11) is 3.51. The molecule has 0 aromatic carbocycles. The summed E-state index contributed by atoms with van der Waals surface area (Å²) in [5.41, 5.74) is 0.887. The van der Waals surface area contributed by atoms with Crippen LogP contribution in [0.15, 0.2) is 17.1 Å². The topological polar surface area (TPSA) is 59.4 Å². The molecule has 0 spiro atoms. The maximum Gasteiger partial charge on any atom is 0.268 e. The average molecular weight is 294 g/mol. The van der Waals surface area contributed by atoms with Gasteiger partial charge in [-0.3, -0.25) is 4.79 Å². The number of aromatic nitrogens is 2. The molecule has 0 amide bonds. The first-order valence-corrected chi connectivity index (χ1v) is 7.62. The molecule has 6 heteroatoms. The zero-order valence-electron chi connectivity index (χ0n) is 13.2. The van der Waals surface area contributed by atoms with Gasteiger partial charge >= 0.3 is 0 Å². The predicted octanol–water partition coefficient (Wildman–Crippen LogP) is 0.714. The van der Waals surface area contributed by atoms with E-state index in [1.165, 1.54) is 17.5 Å². The molecule has 0 aliphatic carbocycles. The fraction of sp³-hybridized carbons (Fsp3) is 0.733. The normalized spacial score (nSPS) is 20.5. The van der Waals surface area contributed by atoms with Crippen molar-refractivity contribution in [2.24, 2.45) is 5.92 Å². The summed E-state index contributed by atoms with van der Waals surface area (Å²) in [6.45, 7) is 5.34. The van der Waals surface area contributed by atoms with Crippen molar-refractivity contribution < 1.29 is 4.74 Å². The third kappa shape index (κ3) is 4.28. The molecule has 1 aliphatic rings. The number of anilines is 1. The molecule has 1 fully saturated rings. The van der Waals surface area contributed by atoms with Gasteiger partial charge in [0, 0.05) is 32.3 Å². The molecular formula is C15H26N4O2. The van der Waals surface area contributed by atoms with E-state index in [1.54, 1.807) is 19.4 Å². The van der Waals surface area contributed by atoms with Gasteiger partial charge < -0.3 is 15.0 Å². The number of nitrogens with zero attached hydrogens (tertiary/aromatic N) is 3. The maximum atomic E-state index is 12.2. The molecule has 1 aromatic rings. The highest BCUT2D eigenvalue weighted by Gasteiger charge is 2.18. The first-order chi connectivity index (χ1) is 10.1. The van der Waals surface area contributed by atoms with Gasteiger partial charge in [0.15, 0.2) is 0 Å². The Morgan fingerprint density at radius 2 is 2.38 bits per heavy atom. The summed E-state index contributed by atoms with van der Waals surface area (Å²) in [6, 6.07) is 1.78. The molecule has 2 rings (SSSR count). The van der Waals surface area contributed by atoms with E-state index in [0.29, 0.717) is 19.1 Å². The van der Waals surface area contributed by atoms with Crippen LogP contribution in [0.4, 0.5) is 5.69 Å². The SMILES string of the molecule is CNC(COC)Cn1ncc(N2CCCC(C)C2)cc1=O. The molecule has 118 valence electrons. The highest BCUT2D eigenvalue weighted by molar-refractivity contribution is 5.43. The number of piperidine rings is 1. The first kappa shape index (κ1) is 16.0. The Labute approximate surface area is 126 Å². The van der Waals surface area contributed by atoms with E-state index in [4.69, 9.17) is 4.74 Å². The molecule has 1 aromatic heterocycles. The van der Waals surface area contributed by atoms with Gasteiger partial charge in [0.25, 0.3) is 5.56 Å². The van der Waals surface area contributed by atoms with Crippen molar-refractivity contribution >= 4 is 5.69 Å². The summed E-state index contributed by atoms with van der Waals surface area (Å²) in [5.74, 6) is 0.677. The van der Waals surface area contributed by atoms with Gasteiger partial charge in [-0.15, -0.1) is 0 Å². The number of hydrogen-bond acceptors (Lipinski definition) is 5. The van der Waals surface area contributed by atoms with Crippen LogP contribution >= 0.6 is 0 Å².